The second kappa shape index (κ2) is 9.76. The second-order valence-corrected chi connectivity index (χ2v) is 12.3. The van der Waals surface area contributed by atoms with Gasteiger partial charge in [0.25, 0.3) is 5.91 Å². The lowest BCUT2D eigenvalue weighted by Gasteiger charge is -2.31. The fourth-order valence-electron chi connectivity index (χ4n) is 4.66. The van der Waals surface area contributed by atoms with Gasteiger partial charge >= 0.3 is 6.18 Å². The smallest absolute Gasteiger partial charge is 0.382 e. The van der Waals surface area contributed by atoms with E-state index < -0.39 is 39.0 Å². The summed E-state index contributed by atoms with van der Waals surface area (Å²) in [4.78, 5) is 18.5. The first-order chi connectivity index (χ1) is 17.1. The van der Waals surface area contributed by atoms with E-state index in [9.17, 15) is 31.5 Å². The number of piperidine rings is 1. The maximum absolute atomic E-state index is 13.3. The largest absolute Gasteiger partial charge is 0.433 e. The molecule has 0 aliphatic carbocycles. The van der Waals surface area contributed by atoms with Crippen LogP contribution in [-0.2, 0) is 23.1 Å². The van der Waals surface area contributed by atoms with Gasteiger partial charge in [0, 0.05) is 42.4 Å². The second-order valence-electron chi connectivity index (χ2n) is 9.23. The molecule has 2 aromatic heterocycles. The van der Waals surface area contributed by atoms with E-state index in [1.807, 2.05) is 0 Å². The number of halogens is 5. The van der Waals surface area contributed by atoms with E-state index in [2.05, 4.69) is 4.98 Å². The third-order valence-electron chi connectivity index (χ3n) is 6.78. The Morgan fingerprint density at radius 1 is 1.19 bits per heavy atom. The summed E-state index contributed by atoms with van der Waals surface area (Å²) in [6.07, 6.45) is -4.34. The van der Waals surface area contributed by atoms with Crippen LogP contribution < -0.4 is 0 Å². The summed E-state index contributed by atoms with van der Waals surface area (Å²) in [5.41, 5.74) is -0.417. The molecule has 4 rings (SSSR count). The Morgan fingerprint density at radius 3 is 2.38 bits per heavy atom. The summed E-state index contributed by atoms with van der Waals surface area (Å²) in [6, 6.07) is 5.29. The van der Waals surface area contributed by atoms with E-state index in [0.29, 0.717) is 23.8 Å². The highest BCUT2D eigenvalue weighted by molar-refractivity contribution is 7.91. The molecule has 1 N–H and O–H groups in total. The topological polar surface area (TPSA) is 92.5 Å². The number of aryl methyl sites for hydroxylation is 2. The highest BCUT2D eigenvalue weighted by Crippen LogP contribution is 2.39. The summed E-state index contributed by atoms with van der Waals surface area (Å²) < 4.78 is 64.9. The van der Waals surface area contributed by atoms with Gasteiger partial charge in [0.2, 0.25) is 0 Å². The molecule has 1 aliphatic heterocycles. The van der Waals surface area contributed by atoms with E-state index in [4.69, 9.17) is 23.2 Å². The molecule has 200 valence electrons. The van der Waals surface area contributed by atoms with Crippen molar-refractivity contribution in [3.63, 3.8) is 0 Å². The molecule has 7 nitrogen and oxygen atoms in total. The third kappa shape index (κ3) is 5.19. The Hall–Kier alpha value is -2.34. The Morgan fingerprint density at radius 2 is 1.81 bits per heavy atom. The van der Waals surface area contributed by atoms with Crippen molar-refractivity contribution in [2.45, 2.75) is 37.3 Å². The molecule has 1 unspecified atom stereocenters. The van der Waals surface area contributed by atoms with Gasteiger partial charge in [0.1, 0.15) is 27.3 Å². The summed E-state index contributed by atoms with van der Waals surface area (Å²) in [6.45, 7) is 1.97. The van der Waals surface area contributed by atoms with E-state index in [0.717, 1.165) is 6.07 Å². The number of rotatable bonds is 4. The van der Waals surface area contributed by atoms with Crippen LogP contribution in [0.15, 0.2) is 24.3 Å². The molecule has 0 spiro atoms. The number of carbonyl (C=O) groups is 1. The maximum Gasteiger partial charge on any atom is 0.433 e. The van der Waals surface area contributed by atoms with Crippen LogP contribution >= 0.6 is 23.2 Å². The maximum atomic E-state index is 13.3. The number of sulfone groups is 1. The zero-order valence-corrected chi connectivity index (χ0v) is 22.4. The fourth-order valence-corrected chi connectivity index (χ4v) is 6.39. The number of benzene rings is 1. The molecular formula is C24H24Cl2F3N3O4S. The monoisotopic (exact) mass is 577 g/mol. The zero-order valence-electron chi connectivity index (χ0n) is 20.1. The molecule has 1 amide bonds. The number of aliphatic hydroxyl groups is 1. The average Bonchev–Trinajstić information content (AvgIpc) is 3.15. The van der Waals surface area contributed by atoms with Gasteiger partial charge in [0.05, 0.1) is 21.5 Å². The lowest BCUT2D eigenvalue weighted by atomic mass is 10.0. The van der Waals surface area contributed by atoms with Crippen molar-refractivity contribution in [3.8, 4) is 0 Å². The normalized spacial score (nSPS) is 16.4. The molecule has 3 aromatic rings. The minimum atomic E-state index is -4.64. The first-order valence-corrected chi connectivity index (χ1v) is 14.0. The minimum Gasteiger partial charge on any atom is -0.382 e. The Labute approximate surface area is 221 Å². The number of aliphatic hydroxyl groups excluding tert-OH is 1. The number of aromatic nitrogens is 2. The van der Waals surface area contributed by atoms with Gasteiger partial charge in [-0.05, 0) is 49.6 Å². The predicted molar refractivity (Wildman–Crippen MR) is 135 cm³/mol. The van der Waals surface area contributed by atoms with Gasteiger partial charge in [-0.25, -0.2) is 13.4 Å². The molecule has 0 bridgehead atoms. The van der Waals surface area contributed by atoms with Crippen LogP contribution in [0, 0.1) is 6.92 Å². The van der Waals surface area contributed by atoms with Crippen molar-refractivity contribution in [3.05, 3.63) is 62.4 Å². The molecule has 0 saturated carbocycles. The highest BCUT2D eigenvalue weighted by Gasteiger charge is 2.35. The van der Waals surface area contributed by atoms with E-state index >= 15 is 0 Å². The zero-order chi connectivity index (χ0) is 27.4. The summed E-state index contributed by atoms with van der Waals surface area (Å²) in [7, 11) is -1.75. The lowest BCUT2D eigenvalue weighted by molar-refractivity contribution is -0.141. The van der Waals surface area contributed by atoms with Crippen molar-refractivity contribution >= 4 is 50.0 Å². The lowest BCUT2D eigenvalue weighted by Crippen LogP contribution is -2.42. The van der Waals surface area contributed by atoms with Crippen molar-refractivity contribution in [2.75, 3.05) is 19.3 Å². The number of likely N-dealkylation sites (tertiary alicyclic amines) is 1. The molecule has 1 aliphatic rings. The molecule has 1 fully saturated rings. The number of hydrogen-bond donors (Lipinski definition) is 1. The van der Waals surface area contributed by atoms with Gasteiger partial charge in [-0.3, -0.25) is 4.79 Å². The molecule has 3 heterocycles. The Balaban J connectivity index is 1.70. The highest BCUT2D eigenvalue weighted by atomic mass is 35.5. The molecular weight excluding hydrogens is 554 g/mol. The van der Waals surface area contributed by atoms with Gasteiger partial charge in [-0.1, -0.05) is 23.2 Å². The third-order valence-corrected chi connectivity index (χ3v) is 9.20. The molecule has 1 aromatic carbocycles. The molecule has 1 atom stereocenters. The molecule has 37 heavy (non-hydrogen) atoms. The average molecular weight is 578 g/mol. The standard InChI is InChI=1S/C24H24Cl2F3N3O4S/c1-12-10-18(24(27,28)29)30-22-15(12)11-17(31(22)2)21(33)19-16(25)5-4-14(20(19)26)23(34)32-8-6-13(7-9-32)37(3,35)36/h4-5,10-11,13,21,33H,6-9H2,1-3H3. The van der Waals surface area contributed by atoms with Crippen LogP contribution in [0.25, 0.3) is 11.0 Å². The first-order valence-electron chi connectivity index (χ1n) is 11.3. The van der Waals surface area contributed by atoms with Gasteiger partial charge < -0.3 is 14.6 Å². The van der Waals surface area contributed by atoms with Crippen molar-refractivity contribution in [2.24, 2.45) is 7.05 Å². The predicted octanol–water partition coefficient (Wildman–Crippen LogP) is 4.94. The minimum absolute atomic E-state index is 0.0228. The fraction of sp³-hybridized carbons (Fsp3) is 0.417. The SMILES string of the molecule is Cc1cc(C(F)(F)F)nc2c1cc(C(O)c1c(Cl)ccc(C(=O)N3CCC(S(C)(=O)=O)CC3)c1Cl)n2C. The van der Waals surface area contributed by atoms with Crippen molar-refractivity contribution in [1.29, 1.82) is 0 Å². The van der Waals surface area contributed by atoms with E-state index in [1.54, 1.807) is 0 Å². The van der Waals surface area contributed by atoms with Crippen LogP contribution in [0.5, 0.6) is 0 Å². The van der Waals surface area contributed by atoms with Crippen LogP contribution in [0.1, 0.15) is 51.8 Å². The molecule has 13 heteroatoms. The number of alkyl halides is 3. The van der Waals surface area contributed by atoms with Crippen LogP contribution in [-0.4, -0.2) is 58.5 Å². The van der Waals surface area contributed by atoms with E-state index in [-0.39, 0.29) is 45.6 Å². The van der Waals surface area contributed by atoms with Crippen molar-refractivity contribution in [1.82, 2.24) is 14.5 Å². The van der Waals surface area contributed by atoms with Crippen LogP contribution in [0.4, 0.5) is 13.2 Å². The molecule has 0 radical (unpaired) electrons. The van der Waals surface area contributed by atoms with E-state index in [1.165, 1.54) is 47.9 Å². The Kier molecular flexibility index (Phi) is 7.30. The van der Waals surface area contributed by atoms with Gasteiger partial charge in [-0.15, -0.1) is 0 Å². The number of fused-ring (bicyclic) bond motifs is 1. The quantitative estimate of drug-likeness (QED) is 0.474. The number of amides is 1. The van der Waals surface area contributed by atoms with Gasteiger partial charge in [0.15, 0.2) is 0 Å². The number of nitrogens with zero attached hydrogens (tertiary/aromatic N) is 3. The first kappa shape index (κ1) is 27.7. The molecule has 1 saturated heterocycles. The number of hydrogen-bond acceptors (Lipinski definition) is 5. The van der Waals surface area contributed by atoms with Gasteiger partial charge in [-0.2, -0.15) is 13.2 Å². The Bertz CT molecular complexity index is 1500. The number of pyridine rings is 1. The number of carbonyl (C=O) groups excluding carboxylic acids is 1. The summed E-state index contributed by atoms with van der Waals surface area (Å²) in [5.74, 6) is -0.438. The van der Waals surface area contributed by atoms with Crippen LogP contribution in [0.2, 0.25) is 10.0 Å². The summed E-state index contributed by atoms with van der Waals surface area (Å²) in [5, 5.41) is 11.1. The summed E-state index contributed by atoms with van der Waals surface area (Å²) >= 11 is 12.9. The van der Waals surface area contributed by atoms with Crippen LogP contribution in [0.3, 0.4) is 0 Å². The van der Waals surface area contributed by atoms with Crippen molar-refractivity contribution < 1.29 is 31.5 Å².